The Morgan fingerprint density at radius 1 is 0.950 bits per heavy atom. The minimum Gasteiger partial charge on any atom is -0.137 e. The summed E-state index contributed by atoms with van der Waals surface area (Å²) in [6.07, 6.45) is 0. The van der Waals surface area contributed by atoms with Gasteiger partial charge in [-0.25, -0.2) is 0 Å². The van der Waals surface area contributed by atoms with E-state index in [-0.39, 0.29) is 0 Å². The highest BCUT2D eigenvalue weighted by atomic mass is 127. The van der Waals surface area contributed by atoms with Crippen LogP contribution in [0.3, 0.4) is 0 Å². The van der Waals surface area contributed by atoms with Crippen molar-refractivity contribution < 1.29 is 0 Å². The van der Waals surface area contributed by atoms with Crippen LogP contribution in [0, 0.1) is 2.88 Å². The molecule has 0 fully saturated rings. The Kier molecular flexibility index (Phi) is 5.71. The molecule has 108 valence electrons. The molecule has 1 heterocycles. The van der Waals surface area contributed by atoms with Crippen molar-refractivity contribution in [2.75, 3.05) is 0 Å². The third-order valence-corrected chi connectivity index (χ3v) is 6.38. The molecule has 0 aliphatic rings. The van der Waals surface area contributed by atoms with Crippen molar-refractivity contribution in [3.63, 3.8) is 0 Å². The van der Waals surface area contributed by atoms with Crippen molar-refractivity contribution in [3.8, 4) is 0 Å². The van der Waals surface area contributed by atoms with E-state index in [0.29, 0.717) is 16.7 Å². The van der Waals surface area contributed by atoms with Crippen LogP contribution in [0.25, 0.3) is 0 Å². The maximum atomic E-state index is 3.89. The summed E-state index contributed by atoms with van der Waals surface area (Å²) < 4.78 is 1.34. The highest BCUT2D eigenvalue weighted by molar-refractivity contribution is 14.1. The van der Waals surface area contributed by atoms with E-state index in [1.54, 1.807) is 11.3 Å². The van der Waals surface area contributed by atoms with Crippen LogP contribution in [0.2, 0.25) is 0 Å². The standard InChI is InChI=1S/C17H20BrIS/c1-10(2)12-5-6-14(15(7-12)11(3)4)17(18)13-8-16(19)20-9-13/h5-11,17H,1-4H3. The third-order valence-electron chi connectivity index (χ3n) is 3.55. The molecular formula is C17H20BrIS. The van der Waals surface area contributed by atoms with Crippen LogP contribution < -0.4 is 0 Å². The molecule has 1 unspecified atom stereocenters. The van der Waals surface area contributed by atoms with Gasteiger partial charge in [-0.2, -0.15) is 0 Å². The van der Waals surface area contributed by atoms with Crippen molar-refractivity contribution in [3.05, 3.63) is 54.8 Å². The van der Waals surface area contributed by atoms with E-state index < -0.39 is 0 Å². The Morgan fingerprint density at radius 2 is 1.65 bits per heavy atom. The lowest BCUT2D eigenvalue weighted by molar-refractivity contribution is 0.820. The van der Waals surface area contributed by atoms with Crippen LogP contribution in [-0.4, -0.2) is 0 Å². The van der Waals surface area contributed by atoms with E-state index in [2.05, 4.69) is 95.9 Å². The summed E-state index contributed by atoms with van der Waals surface area (Å²) in [6, 6.07) is 9.23. The van der Waals surface area contributed by atoms with Gasteiger partial charge >= 0.3 is 0 Å². The first-order valence-corrected chi connectivity index (χ1v) is 9.79. The van der Waals surface area contributed by atoms with Gasteiger partial charge < -0.3 is 0 Å². The molecule has 0 N–H and O–H groups in total. The Balaban J connectivity index is 2.45. The second kappa shape index (κ2) is 6.93. The van der Waals surface area contributed by atoms with Gasteiger partial charge in [-0.15, -0.1) is 11.3 Å². The molecule has 0 radical (unpaired) electrons. The summed E-state index contributed by atoms with van der Waals surface area (Å²) in [5.74, 6) is 1.12. The maximum absolute atomic E-state index is 3.89. The number of hydrogen-bond acceptors (Lipinski definition) is 1. The van der Waals surface area contributed by atoms with Gasteiger partial charge in [-0.1, -0.05) is 61.8 Å². The molecule has 0 bridgehead atoms. The molecule has 1 aromatic carbocycles. The van der Waals surface area contributed by atoms with Crippen LogP contribution in [-0.2, 0) is 0 Å². The second-order valence-electron chi connectivity index (χ2n) is 5.74. The highest BCUT2D eigenvalue weighted by Crippen LogP contribution is 2.38. The number of alkyl halides is 1. The fraction of sp³-hybridized carbons (Fsp3) is 0.412. The third kappa shape index (κ3) is 3.66. The minimum absolute atomic E-state index is 0.292. The molecule has 0 saturated carbocycles. The number of hydrogen-bond donors (Lipinski definition) is 0. The number of halogens is 2. The summed E-state index contributed by atoms with van der Waals surface area (Å²) in [6.45, 7) is 9.07. The summed E-state index contributed by atoms with van der Waals surface area (Å²) in [5.41, 5.74) is 5.65. The molecule has 0 saturated heterocycles. The molecule has 1 aromatic heterocycles. The van der Waals surface area contributed by atoms with Crippen LogP contribution in [0.5, 0.6) is 0 Å². The van der Waals surface area contributed by atoms with Crippen LogP contribution >= 0.6 is 49.9 Å². The zero-order valence-electron chi connectivity index (χ0n) is 12.3. The molecule has 20 heavy (non-hydrogen) atoms. The average Bonchev–Trinajstić information content (AvgIpc) is 2.83. The predicted molar refractivity (Wildman–Crippen MR) is 102 cm³/mol. The second-order valence-corrected chi connectivity index (χ2v) is 9.47. The summed E-state index contributed by atoms with van der Waals surface area (Å²) in [4.78, 5) is 0.292. The molecule has 0 nitrogen and oxygen atoms in total. The fourth-order valence-corrected chi connectivity index (χ4v) is 4.57. The first-order valence-electron chi connectivity index (χ1n) is 6.92. The number of benzene rings is 1. The van der Waals surface area contributed by atoms with Gasteiger partial charge in [0.1, 0.15) is 0 Å². The first-order chi connectivity index (χ1) is 9.40. The van der Waals surface area contributed by atoms with Gasteiger partial charge in [0, 0.05) is 0 Å². The zero-order valence-corrected chi connectivity index (χ0v) is 16.8. The average molecular weight is 463 g/mol. The molecule has 0 aliphatic heterocycles. The van der Waals surface area contributed by atoms with Gasteiger partial charge in [0.05, 0.1) is 7.71 Å². The van der Waals surface area contributed by atoms with Crippen molar-refractivity contribution >= 4 is 49.9 Å². The Hall–Kier alpha value is 0.130. The van der Waals surface area contributed by atoms with Gasteiger partial charge in [0.15, 0.2) is 0 Å². The van der Waals surface area contributed by atoms with Gasteiger partial charge in [0.25, 0.3) is 0 Å². The molecule has 2 rings (SSSR count). The fourth-order valence-electron chi connectivity index (χ4n) is 2.32. The van der Waals surface area contributed by atoms with Crippen LogP contribution in [0.1, 0.15) is 66.6 Å². The van der Waals surface area contributed by atoms with Crippen LogP contribution in [0.4, 0.5) is 0 Å². The number of rotatable bonds is 4. The molecule has 0 aliphatic carbocycles. The lowest BCUT2D eigenvalue weighted by Gasteiger charge is -2.19. The summed E-state index contributed by atoms with van der Waals surface area (Å²) in [5, 5.41) is 2.25. The van der Waals surface area contributed by atoms with E-state index in [1.807, 2.05) is 0 Å². The maximum Gasteiger partial charge on any atom is 0.0656 e. The summed E-state index contributed by atoms with van der Waals surface area (Å²) in [7, 11) is 0. The lowest BCUT2D eigenvalue weighted by Crippen LogP contribution is -2.02. The van der Waals surface area contributed by atoms with Crippen molar-refractivity contribution in [2.24, 2.45) is 0 Å². The largest absolute Gasteiger partial charge is 0.137 e. The van der Waals surface area contributed by atoms with E-state index >= 15 is 0 Å². The Morgan fingerprint density at radius 3 is 2.15 bits per heavy atom. The minimum atomic E-state index is 0.292. The van der Waals surface area contributed by atoms with Crippen molar-refractivity contribution in [1.82, 2.24) is 0 Å². The van der Waals surface area contributed by atoms with Crippen molar-refractivity contribution in [2.45, 2.75) is 44.4 Å². The summed E-state index contributed by atoms with van der Waals surface area (Å²) >= 11 is 8.08. The Bertz CT molecular complexity index is 586. The van der Waals surface area contributed by atoms with Gasteiger partial charge in [-0.05, 0) is 68.1 Å². The van der Waals surface area contributed by atoms with E-state index in [4.69, 9.17) is 0 Å². The van der Waals surface area contributed by atoms with E-state index in [1.165, 1.54) is 25.1 Å². The smallest absolute Gasteiger partial charge is 0.0656 e. The van der Waals surface area contributed by atoms with E-state index in [9.17, 15) is 0 Å². The van der Waals surface area contributed by atoms with Crippen LogP contribution in [0.15, 0.2) is 29.6 Å². The molecular weight excluding hydrogens is 443 g/mol. The molecule has 3 heteroatoms. The molecule has 2 aromatic rings. The van der Waals surface area contributed by atoms with Crippen molar-refractivity contribution in [1.29, 1.82) is 0 Å². The van der Waals surface area contributed by atoms with E-state index in [0.717, 1.165) is 0 Å². The monoisotopic (exact) mass is 462 g/mol. The van der Waals surface area contributed by atoms with Gasteiger partial charge in [-0.3, -0.25) is 0 Å². The van der Waals surface area contributed by atoms with Gasteiger partial charge in [0.2, 0.25) is 0 Å². The Labute approximate surface area is 148 Å². The molecule has 0 amide bonds. The SMILES string of the molecule is CC(C)c1ccc(C(Br)c2csc(I)c2)c(C(C)C)c1. The molecule has 1 atom stereocenters. The normalized spacial score (nSPS) is 13.2. The zero-order chi connectivity index (χ0) is 14.9. The lowest BCUT2D eigenvalue weighted by atomic mass is 9.89. The molecule has 0 spiro atoms. The quantitative estimate of drug-likeness (QED) is 0.336. The highest BCUT2D eigenvalue weighted by Gasteiger charge is 2.18. The number of thiophene rings is 1. The topological polar surface area (TPSA) is 0 Å². The first kappa shape index (κ1) is 16.5. The predicted octanol–water partition coefficient (Wildman–Crippen LogP) is 7.08.